The zero-order chi connectivity index (χ0) is 18.8. The molecule has 0 aliphatic carbocycles. The number of nitrogens with zero attached hydrogens (tertiary/aromatic N) is 3. The lowest BCUT2D eigenvalue weighted by molar-refractivity contribution is -0.137. The average Bonchev–Trinajstić information content (AvgIpc) is 2.93. The Balaban J connectivity index is 2.06. The van der Waals surface area contributed by atoms with E-state index in [2.05, 4.69) is 9.73 Å². The number of methoxy groups -OCH3 is 1. The molecular formula is C15H15ClFN3O4S2. The number of carbonyl (C=O) groups excluding carboxylic acids is 1. The molecule has 1 aliphatic rings. The van der Waals surface area contributed by atoms with Gasteiger partial charge in [-0.25, -0.2) is 14.1 Å². The Morgan fingerprint density at radius 3 is 2.77 bits per heavy atom. The number of rotatable bonds is 4. The third-order valence-electron chi connectivity index (χ3n) is 3.83. The summed E-state index contributed by atoms with van der Waals surface area (Å²) in [5.74, 6) is -1.77. The van der Waals surface area contributed by atoms with Crippen LogP contribution in [0.3, 0.4) is 0 Å². The van der Waals surface area contributed by atoms with E-state index in [0.717, 1.165) is 30.2 Å². The quantitative estimate of drug-likeness (QED) is 0.707. The van der Waals surface area contributed by atoms with Crippen molar-refractivity contribution in [3.05, 3.63) is 37.4 Å². The van der Waals surface area contributed by atoms with Crippen molar-refractivity contribution < 1.29 is 18.1 Å². The van der Waals surface area contributed by atoms with Crippen LogP contribution in [0.4, 0.5) is 10.1 Å². The third kappa shape index (κ3) is 3.81. The van der Waals surface area contributed by atoms with Crippen molar-refractivity contribution >= 4 is 45.4 Å². The summed E-state index contributed by atoms with van der Waals surface area (Å²) < 4.78 is 34.4. The van der Waals surface area contributed by atoms with Gasteiger partial charge in [-0.05, 0) is 36.3 Å². The van der Waals surface area contributed by atoms with Gasteiger partial charge in [0.25, 0.3) is 0 Å². The Labute approximate surface area is 159 Å². The van der Waals surface area contributed by atoms with E-state index in [1.807, 2.05) is 0 Å². The molecule has 11 heteroatoms. The van der Waals surface area contributed by atoms with E-state index in [-0.39, 0.29) is 20.5 Å². The lowest BCUT2D eigenvalue weighted by Gasteiger charge is -2.15. The van der Waals surface area contributed by atoms with Gasteiger partial charge in [0, 0.05) is 13.1 Å². The summed E-state index contributed by atoms with van der Waals surface area (Å²) in [5.41, 5.74) is -0.0923. The Kier molecular flexibility index (Phi) is 5.73. The summed E-state index contributed by atoms with van der Waals surface area (Å²) in [6, 6.07) is 2.24. The molecule has 0 N–H and O–H groups in total. The van der Waals surface area contributed by atoms with Crippen molar-refractivity contribution in [3.63, 3.8) is 0 Å². The molecular weight excluding hydrogens is 405 g/mol. The van der Waals surface area contributed by atoms with Crippen LogP contribution in [0.5, 0.6) is 0 Å². The molecule has 1 aromatic heterocycles. The van der Waals surface area contributed by atoms with Gasteiger partial charge in [0.2, 0.25) is 4.80 Å². The summed E-state index contributed by atoms with van der Waals surface area (Å²) >= 11 is 6.88. The molecule has 0 spiro atoms. The highest BCUT2D eigenvalue weighted by molar-refractivity contribution is 7.85. The van der Waals surface area contributed by atoms with Crippen molar-refractivity contribution in [2.75, 3.05) is 12.9 Å². The molecule has 0 bridgehead atoms. The molecule has 0 fully saturated rings. The average molecular weight is 420 g/mol. The highest BCUT2D eigenvalue weighted by atomic mass is 35.5. The van der Waals surface area contributed by atoms with Crippen LogP contribution in [0.2, 0.25) is 5.02 Å². The molecule has 2 aromatic rings. The topological polar surface area (TPSA) is 82.7 Å². The van der Waals surface area contributed by atoms with E-state index in [0.29, 0.717) is 17.9 Å². The molecule has 1 aromatic carbocycles. The second kappa shape index (κ2) is 7.85. The summed E-state index contributed by atoms with van der Waals surface area (Å²) in [5, 5.41) is -0.0663. The number of hydrogen-bond donors (Lipinski definition) is 0. The van der Waals surface area contributed by atoms with Crippen molar-refractivity contribution in [2.24, 2.45) is 4.99 Å². The number of esters is 1. The second-order valence-corrected chi connectivity index (χ2v) is 8.26. The Morgan fingerprint density at radius 2 is 2.08 bits per heavy atom. The van der Waals surface area contributed by atoms with Crippen LogP contribution < -0.4 is 9.67 Å². The van der Waals surface area contributed by atoms with E-state index in [9.17, 15) is 18.2 Å². The smallest absolute Gasteiger partial charge is 0.325 e. The van der Waals surface area contributed by atoms with E-state index in [1.165, 1.54) is 13.2 Å². The first kappa shape index (κ1) is 19.0. The fraction of sp³-hybridized carbons (Fsp3) is 0.400. The number of aromatic nitrogens is 2. The summed E-state index contributed by atoms with van der Waals surface area (Å²) in [6.45, 7) is 1.22. The lowest BCUT2D eigenvalue weighted by Crippen LogP contribution is -2.31. The lowest BCUT2D eigenvalue weighted by atomic mass is 10.3. The summed E-state index contributed by atoms with van der Waals surface area (Å²) in [6.07, 6.45) is 1.81. The highest BCUT2D eigenvalue weighted by Crippen LogP contribution is 2.28. The Morgan fingerprint density at radius 1 is 1.38 bits per heavy atom. The predicted octanol–water partition coefficient (Wildman–Crippen LogP) is 1.81. The number of fused-ring (bicyclic) bond motifs is 1. The zero-order valence-electron chi connectivity index (χ0n) is 13.7. The van der Waals surface area contributed by atoms with Crippen LogP contribution in [-0.2, 0) is 33.4 Å². The zero-order valence-corrected chi connectivity index (χ0v) is 16.1. The second-order valence-electron chi connectivity index (χ2n) is 5.52. The third-order valence-corrected chi connectivity index (χ3v) is 6.45. The molecule has 1 aliphatic heterocycles. The minimum absolute atomic E-state index is 0.0663. The van der Waals surface area contributed by atoms with Crippen molar-refractivity contribution in [1.29, 1.82) is 0 Å². The first-order valence-electron chi connectivity index (χ1n) is 7.70. The van der Waals surface area contributed by atoms with Gasteiger partial charge in [0.1, 0.15) is 17.3 Å². The number of hydrogen-bond acceptors (Lipinski definition) is 6. The molecule has 1 unspecified atom stereocenters. The van der Waals surface area contributed by atoms with Gasteiger partial charge in [-0.3, -0.25) is 18.5 Å². The summed E-state index contributed by atoms with van der Waals surface area (Å²) in [7, 11) is -0.619. The fourth-order valence-electron chi connectivity index (χ4n) is 2.54. The molecule has 1 atom stereocenters. The number of ether oxygens (including phenoxy) is 1. The standard InChI is InChI=1S/C15H15ClFN3O4S2/c1-24-13(21)8-26(23)12-7-11(10(17)6-9(12)16)18-14-19-4-2-3-5-20(19)15(22)25-14/h6-7H,2-5,8H2,1H3. The molecule has 0 radical (unpaired) electrons. The predicted molar refractivity (Wildman–Crippen MR) is 95.7 cm³/mol. The number of carbonyl (C=O) groups is 1. The molecule has 2 heterocycles. The number of benzene rings is 1. The van der Waals surface area contributed by atoms with Crippen molar-refractivity contribution in [2.45, 2.75) is 30.8 Å². The van der Waals surface area contributed by atoms with Gasteiger partial charge >= 0.3 is 10.8 Å². The number of halogens is 2. The largest absolute Gasteiger partial charge is 0.468 e. The van der Waals surface area contributed by atoms with Crippen LogP contribution in [0, 0.1) is 5.82 Å². The van der Waals surface area contributed by atoms with E-state index in [1.54, 1.807) is 9.36 Å². The first-order valence-corrected chi connectivity index (χ1v) is 10.2. The maximum absolute atomic E-state index is 14.3. The molecule has 0 saturated carbocycles. The van der Waals surface area contributed by atoms with Crippen LogP contribution >= 0.6 is 22.9 Å². The maximum Gasteiger partial charge on any atom is 0.325 e. The SMILES string of the molecule is COC(=O)CS(=O)c1cc(N=c2sc(=O)n3n2CCCC3)c(F)cc1Cl. The first-order chi connectivity index (χ1) is 12.4. The van der Waals surface area contributed by atoms with Crippen LogP contribution in [-0.4, -0.2) is 32.4 Å². The van der Waals surface area contributed by atoms with Crippen LogP contribution in [0.1, 0.15) is 12.8 Å². The van der Waals surface area contributed by atoms with E-state index in [4.69, 9.17) is 11.6 Å². The molecule has 0 amide bonds. The molecule has 26 heavy (non-hydrogen) atoms. The van der Waals surface area contributed by atoms with Crippen LogP contribution in [0.15, 0.2) is 26.8 Å². The monoisotopic (exact) mass is 419 g/mol. The van der Waals surface area contributed by atoms with Gasteiger partial charge in [0.05, 0.1) is 27.8 Å². The van der Waals surface area contributed by atoms with Crippen molar-refractivity contribution in [1.82, 2.24) is 9.36 Å². The van der Waals surface area contributed by atoms with Gasteiger partial charge in [0.15, 0.2) is 0 Å². The Hall–Kier alpha value is -1.78. The van der Waals surface area contributed by atoms with E-state index >= 15 is 0 Å². The van der Waals surface area contributed by atoms with Gasteiger partial charge < -0.3 is 4.74 Å². The minimum Gasteiger partial charge on any atom is -0.468 e. The van der Waals surface area contributed by atoms with Crippen LogP contribution in [0.25, 0.3) is 0 Å². The van der Waals surface area contributed by atoms with Gasteiger partial charge in [-0.1, -0.05) is 11.6 Å². The van der Waals surface area contributed by atoms with E-state index < -0.39 is 28.3 Å². The molecule has 140 valence electrons. The molecule has 7 nitrogen and oxygen atoms in total. The van der Waals surface area contributed by atoms with Gasteiger partial charge in [-0.2, -0.15) is 0 Å². The fourth-order valence-corrected chi connectivity index (χ4v) is 4.85. The Bertz CT molecular complexity index is 1010. The molecule has 3 rings (SSSR count). The van der Waals surface area contributed by atoms with Gasteiger partial charge in [-0.15, -0.1) is 0 Å². The minimum atomic E-state index is -1.80. The normalized spacial score (nSPS) is 15.6. The van der Waals surface area contributed by atoms with Crippen molar-refractivity contribution in [3.8, 4) is 0 Å². The highest BCUT2D eigenvalue weighted by Gasteiger charge is 2.18. The molecule has 0 saturated heterocycles. The maximum atomic E-state index is 14.3. The summed E-state index contributed by atoms with van der Waals surface area (Å²) in [4.78, 5) is 27.9.